The Balaban J connectivity index is 1.27. The first-order valence-corrected chi connectivity index (χ1v) is 16.8. The van der Waals surface area contributed by atoms with Crippen molar-refractivity contribution in [3.05, 3.63) is 89.2 Å². The van der Waals surface area contributed by atoms with Gasteiger partial charge in [0.25, 0.3) is 10.0 Å². The summed E-state index contributed by atoms with van der Waals surface area (Å²) in [6, 6.07) is 11.7. The number of aromatic nitrogens is 4. The summed E-state index contributed by atoms with van der Waals surface area (Å²) in [6.07, 6.45) is 6.65. The summed E-state index contributed by atoms with van der Waals surface area (Å²) < 4.78 is 49.0. The van der Waals surface area contributed by atoms with Crippen molar-refractivity contribution in [2.24, 2.45) is 0 Å². The number of nitrogens with two attached hydrogens (primary N) is 1. The molecule has 3 aromatic heterocycles. The lowest BCUT2D eigenvalue weighted by atomic mass is 9.94. The smallest absolute Gasteiger partial charge is 0.264 e. The van der Waals surface area contributed by atoms with E-state index in [1.165, 1.54) is 29.5 Å². The second-order valence-corrected chi connectivity index (χ2v) is 13.6. The molecule has 4 N–H and O–H groups in total. The molecule has 0 radical (unpaired) electrons. The number of hydrogen-bond donors (Lipinski definition) is 3. The van der Waals surface area contributed by atoms with Gasteiger partial charge in [0.1, 0.15) is 16.5 Å². The number of pyridine rings is 1. The molecule has 234 valence electrons. The Morgan fingerprint density at radius 2 is 1.89 bits per heavy atom. The van der Waals surface area contributed by atoms with Crippen molar-refractivity contribution >= 4 is 44.5 Å². The number of ether oxygens (including phenoxy) is 1. The Hall–Kier alpha value is -4.40. The predicted octanol–water partition coefficient (Wildman–Crippen LogP) is 5.48. The molecule has 2 aliphatic rings. The van der Waals surface area contributed by atoms with Gasteiger partial charge in [0, 0.05) is 31.1 Å². The minimum Gasteiger partial charge on any atom is -0.398 e. The van der Waals surface area contributed by atoms with Gasteiger partial charge in [-0.2, -0.15) is 0 Å². The van der Waals surface area contributed by atoms with Crippen molar-refractivity contribution in [3.63, 3.8) is 0 Å². The van der Waals surface area contributed by atoms with Gasteiger partial charge in [-0.3, -0.25) is 4.72 Å². The molecule has 11 nitrogen and oxygen atoms in total. The minimum absolute atomic E-state index is 0.0720. The van der Waals surface area contributed by atoms with Crippen LogP contribution in [0.25, 0.3) is 10.6 Å². The molecule has 0 bridgehead atoms. The largest absolute Gasteiger partial charge is 0.398 e. The van der Waals surface area contributed by atoms with E-state index in [0.717, 1.165) is 34.5 Å². The van der Waals surface area contributed by atoms with Crippen LogP contribution in [0.4, 0.5) is 27.5 Å². The number of allylic oxidation sites excluding steroid dienone is 3. The van der Waals surface area contributed by atoms with E-state index < -0.39 is 21.8 Å². The molecule has 0 amide bonds. The number of rotatable bonds is 9. The highest BCUT2D eigenvalue weighted by Gasteiger charge is 2.28. The number of nitrogen functional groups attached to an aromatic ring is 1. The Morgan fingerprint density at radius 3 is 2.62 bits per heavy atom. The lowest BCUT2D eigenvalue weighted by molar-refractivity contribution is 0.122. The van der Waals surface area contributed by atoms with E-state index >= 15 is 4.39 Å². The topological polar surface area (TPSA) is 148 Å². The molecular formula is C31H33FN8O3S2. The van der Waals surface area contributed by atoms with Gasteiger partial charge in [-0.05, 0) is 48.9 Å². The highest BCUT2D eigenvalue weighted by atomic mass is 32.2. The first kappa shape index (κ1) is 30.6. The van der Waals surface area contributed by atoms with Crippen LogP contribution in [0.15, 0.2) is 83.4 Å². The summed E-state index contributed by atoms with van der Waals surface area (Å²) in [5, 5.41) is 4.12. The van der Waals surface area contributed by atoms with Crippen molar-refractivity contribution in [3.8, 4) is 10.6 Å². The van der Waals surface area contributed by atoms with E-state index in [4.69, 9.17) is 20.4 Å². The van der Waals surface area contributed by atoms with Crippen LogP contribution in [-0.4, -0.2) is 54.7 Å². The number of morpholine rings is 1. The van der Waals surface area contributed by atoms with E-state index in [9.17, 15) is 8.42 Å². The summed E-state index contributed by atoms with van der Waals surface area (Å²) >= 11 is 1.50. The van der Waals surface area contributed by atoms with E-state index in [2.05, 4.69) is 24.9 Å². The monoisotopic (exact) mass is 648 g/mol. The number of para-hydroxylation sites is 1. The number of sulfonamides is 1. The fraction of sp³-hybridized carbons (Fsp3) is 0.290. The summed E-state index contributed by atoms with van der Waals surface area (Å²) in [4.78, 5) is 21.6. The molecule has 1 atom stereocenters. The van der Waals surface area contributed by atoms with E-state index in [1.54, 1.807) is 36.7 Å². The summed E-state index contributed by atoms with van der Waals surface area (Å²) in [6.45, 7) is 7.06. The summed E-state index contributed by atoms with van der Waals surface area (Å²) in [5.74, 6) is 0.341. The Morgan fingerprint density at radius 1 is 1.09 bits per heavy atom. The number of halogens is 1. The quantitative estimate of drug-likeness (QED) is 0.199. The zero-order valence-electron chi connectivity index (χ0n) is 24.8. The molecule has 1 aromatic carbocycles. The van der Waals surface area contributed by atoms with Crippen molar-refractivity contribution in [2.75, 3.05) is 42.3 Å². The van der Waals surface area contributed by atoms with Gasteiger partial charge in [0.05, 0.1) is 57.8 Å². The van der Waals surface area contributed by atoms with Crippen LogP contribution >= 0.6 is 11.3 Å². The number of thiazole rings is 1. The van der Waals surface area contributed by atoms with Gasteiger partial charge in [0.2, 0.25) is 5.95 Å². The highest BCUT2D eigenvalue weighted by molar-refractivity contribution is 7.89. The lowest BCUT2D eigenvalue weighted by Crippen LogP contribution is -2.36. The van der Waals surface area contributed by atoms with Gasteiger partial charge in [-0.15, -0.1) is 11.3 Å². The van der Waals surface area contributed by atoms with E-state index in [0.29, 0.717) is 37.0 Å². The van der Waals surface area contributed by atoms with Gasteiger partial charge in [-0.25, -0.2) is 32.7 Å². The fourth-order valence-corrected chi connectivity index (χ4v) is 7.34. The maximum atomic E-state index is 15.0. The Kier molecular flexibility index (Phi) is 8.79. The van der Waals surface area contributed by atoms with Gasteiger partial charge >= 0.3 is 0 Å². The van der Waals surface area contributed by atoms with Crippen molar-refractivity contribution in [1.29, 1.82) is 0 Å². The highest BCUT2D eigenvalue weighted by Crippen LogP contribution is 2.41. The van der Waals surface area contributed by atoms with Gasteiger partial charge in [0.15, 0.2) is 0 Å². The Labute approximate surface area is 265 Å². The number of hydrogen-bond acceptors (Lipinski definition) is 11. The molecule has 1 unspecified atom stereocenters. The zero-order chi connectivity index (χ0) is 31.6. The fourth-order valence-electron chi connectivity index (χ4n) is 5.03. The van der Waals surface area contributed by atoms with Crippen molar-refractivity contribution < 1.29 is 17.5 Å². The molecule has 1 saturated heterocycles. The van der Waals surface area contributed by atoms with Crippen LogP contribution in [0.1, 0.15) is 42.8 Å². The number of nitrogens with one attached hydrogen (secondary N) is 2. The molecule has 6 rings (SSSR count). The normalized spacial score (nSPS) is 17.2. The van der Waals surface area contributed by atoms with Crippen LogP contribution in [-0.2, 0) is 14.8 Å². The third-order valence-electron chi connectivity index (χ3n) is 7.37. The molecule has 0 spiro atoms. The number of nitrogens with zero attached hydrogens (tertiary/aromatic N) is 5. The second-order valence-electron chi connectivity index (χ2n) is 10.9. The SMILES string of the molecule is CC(C)c1nc(C2C=C(NS(=O)(=O)c3ccccc3N)C(F)=CC2)c(-c2ccnc(Nc3ccc(N4CCOCC4)nc3)n2)s1. The minimum atomic E-state index is -4.13. The molecule has 1 aliphatic carbocycles. The van der Waals surface area contributed by atoms with E-state index in [1.807, 2.05) is 26.0 Å². The van der Waals surface area contributed by atoms with Crippen LogP contribution in [0.5, 0.6) is 0 Å². The molecule has 1 fully saturated rings. The van der Waals surface area contributed by atoms with Gasteiger partial charge < -0.3 is 20.7 Å². The molecule has 4 aromatic rings. The zero-order valence-corrected chi connectivity index (χ0v) is 26.4. The predicted molar refractivity (Wildman–Crippen MR) is 174 cm³/mol. The van der Waals surface area contributed by atoms with Crippen molar-refractivity contribution in [1.82, 2.24) is 24.7 Å². The maximum Gasteiger partial charge on any atom is 0.264 e. The molecular weight excluding hydrogens is 616 g/mol. The first-order valence-electron chi connectivity index (χ1n) is 14.5. The molecule has 14 heteroatoms. The number of benzene rings is 1. The van der Waals surface area contributed by atoms with Crippen LogP contribution in [0.3, 0.4) is 0 Å². The molecule has 0 saturated carbocycles. The van der Waals surface area contributed by atoms with Gasteiger partial charge in [-0.1, -0.05) is 26.0 Å². The number of anilines is 4. The standard InChI is InChI=1S/C31H33FN8O3S2/c1-19(2)30-38-28(20-7-9-22(32)25(17-20)39-45(41,42)26-6-4-3-5-23(26)33)29(44-30)24-11-12-34-31(37-24)36-21-8-10-27(35-18-21)40-13-15-43-16-14-40/h3-6,8-12,17-20,39H,7,13-16,33H2,1-2H3,(H,34,36,37). The van der Waals surface area contributed by atoms with Crippen LogP contribution < -0.4 is 20.7 Å². The molecule has 45 heavy (non-hydrogen) atoms. The third-order valence-corrected chi connectivity index (χ3v) is 10.2. The maximum absolute atomic E-state index is 15.0. The molecule has 1 aliphatic heterocycles. The third kappa shape index (κ3) is 6.82. The first-order chi connectivity index (χ1) is 21.7. The van der Waals surface area contributed by atoms with Crippen LogP contribution in [0, 0.1) is 0 Å². The van der Waals surface area contributed by atoms with Crippen molar-refractivity contribution in [2.45, 2.75) is 37.0 Å². The van der Waals surface area contributed by atoms with Crippen LogP contribution in [0.2, 0.25) is 0 Å². The Bertz CT molecular complexity index is 1850. The summed E-state index contributed by atoms with van der Waals surface area (Å²) in [5.41, 5.74) is 7.88. The average Bonchev–Trinajstić information content (AvgIpc) is 3.49. The summed E-state index contributed by atoms with van der Waals surface area (Å²) in [7, 11) is -4.13. The average molecular weight is 649 g/mol. The van der Waals surface area contributed by atoms with E-state index in [-0.39, 0.29) is 22.2 Å². The molecule has 4 heterocycles. The second kappa shape index (κ2) is 12.9. The lowest BCUT2D eigenvalue weighted by Gasteiger charge is -2.27.